The minimum Gasteiger partial charge on any atom is -0.444 e. The van der Waals surface area contributed by atoms with Crippen LogP contribution in [0, 0.1) is 5.82 Å². The fraction of sp³-hybridized carbons (Fsp3) is 0.407. The Morgan fingerprint density at radius 1 is 1.14 bits per heavy atom. The highest BCUT2D eigenvalue weighted by molar-refractivity contribution is 6.35. The molecule has 8 nitrogen and oxygen atoms in total. The van der Waals surface area contributed by atoms with E-state index in [-0.39, 0.29) is 18.2 Å². The number of ether oxygens (including phenoxy) is 1. The smallest absolute Gasteiger partial charge is 0.410 e. The van der Waals surface area contributed by atoms with E-state index in [0.717, 1.165) is 5.69 Å². The average molecular weight is 525 g/mol. The number of nitrogens with zero attached hydrogens (tertiary/aromatic N) is 6. The summed E-state index contributed by atoms with van der Waals surface area (Å²) in [6.45, 7) is 10.9. The normalized spacial score (nSPS) is 18.6. The Bertz CT molecular complexity index is 1500. The second-order valence-electron chi connectivity index (χ2n) is 10.7. The van der Waals surface area contributed by atoms with Gasteiger partial charge in [0.2, 0.25) is 0 Å². The van der Waals surface area contributed by atoms with Crippen LogP contribution in [0.3, 0.4) is 0 Å². The molecule has 1 aliphatic rings. The highest BCUT2D eigenvalue weighted by Gasteiger charge is 2.35. The number of pyridine rings is 2. The van der Waals surface area contributed by atoms with Gasteiger partial charge in [0, 0.05) is 42.7 Å². The molecule has 0 unspecified atom stereocenters. The lowest BCUT2D eigenvalue weighted by Gasteiger charge is -2.45. The van der Waals surface area contributed by atoms with E-state index >= 15 is 0 Å². The molecule has 0 aliphatic carbocycles. The molecule has 4 heterocycles. The number of aryl methyl sites for hydroxylation is 1. The molecule has 5 rings (SSSR count). The number of amides is 1. The van der Waals surface area contributed by atoms with E-state index in [2.05, 4.69) is 20.0 Å². The van der Waals surface area contributed by atoms with Crippen LogP contribution in [0.1, 0.15) is 34.6 Å². The Labute approximate surface area is 220 Å². The van der Waals surface area contributed by atoms with Gasteiger partial charge in [-0.15, -0.1) is 0 Å². The zero-order chi connectivity index (χ0) is 26.6. The van der Waals surface area contributed by atoms with Gasteiger partial charge in [0.1, 0.15) is 11.1 Å². The predicted octanol–water partition coefficient (Wildman–Crippen LogP) is 5.81. The second-order valence-corrected chi connectivity index (χ2v) is 11.2. The molecule has 10 heteroatoms. The van der Waals surface area contributed by atoms with Gasteiger partial charge < -0.3 is 9.64 Å². The van der Waals surface area contributed by atoms with Crippen molar-refractivity contribution < 1.29 is 13.9 Å². The molecule has 0 saturated carbocycles. The van der Waals surface area contributed by atoms with E-state index in [1.54, 1.807) is 35.1 Å². The van der Waals surface area contributed by atoms with Gasteiger partial charge in [-0.1, -0.05) is 11.6 Å². The molecule has 1 amide bonds. The Morgan fingerprint density at radius 3 is 2.51 bits per heavy atom. The number of hydrogen-bond donors (Lipinski definition) is 0. The van der Waals surface area contributed by atoms with Crippen molar-refractivity contribution in [3.8, 4) is 11.3 Å². The average Bonchev–Trinajstić information content (AvgIpc) is 3.18. The van der Waals surface area contributed by atoms with E-state index in [9.17, 15) is 9.18 Å². The molecule has 0 spiro atoms. The number of anilines is 1. The first-order valence-corrected chi connectivity index (χ1v) is 12.6. The number of aromatic nitrogens is 4. The lowest BCUT2D eigenvalue weighted by atomic mass is 10.1. The number of fused-ring (bicyclic) bond motifs is 2. The summed E-state index contributed by atoms with van der Waals surface area (Å²) in [5.41, 5.74) is 2.29. The van der Waals surface area contributed by atoms with Gasteiger partial charge in [-0.2, -0.15) is 5.10 Å². The molecule has 0 N–H and O–H groups in total. The Hall–Kier alpha value is -3.46. The predicted molar refractivity (Wildman–Crippen MR) is 143 cm³/mol. The molecule has 0 bridgehead atoms. The summed E-state index contributed by atoms with van der Waals surface area (Å²) in [7, 11) is 1.75. The second kappa shape index (κ2) is 9.13. The van der Waals surface area contributed by atoms with Crippen molar-refractivity contribution >= 4 is 45.3 Å². The summed E-state index contributed by atoms with van der Waals surface area (Å²) in [6.07, 6.45) is 3.23. The van der Waals surface area contributed by atoms with Gasteiger partial charge in [-0.05, 0) is 58.9 Å². The Balaban J connectivity index is 1.42. The standard InChI is InChI=1S/C27H30ClFN6O2/c1-15-12-34(13-16(2)35(15)26(36)37-27(3,4)5)19-9-20-21(28)10-23(31-25(20)30-11-19)17-7-18-14-33(6)32-24(18)22(29)8-17/h7-11,14-16H,12-13H2,1-6H3/t15-,16-/m0/s1. The van der Waals surface area contributed by atoms with Crippen LogP contribution >= 0.6 is 11.6 Å². The van der Waals surface area contributed by atoms with E-state index in [4.69, 9.17) is 16.3 Å². The van der Waals surface area contributed by atoms with Crippen LogP contribution in [0.15, 0.2) is 36.7 Å². The molecule has 1 fully saturated rings. The summed E-state index contributed by atoms with van der Waals surface area (Å²) in [5, 5.41) is 6.04. The van der Waals surface area contributed by atoms with Crippen LogP contribution in [0.25, 0.3) is 33.2 Å². The van der Waals surface area contributed by atoms with E-state index in [0.29, 0.717) is 51.3 Å². The van der Waals surface area contributed by atoms with Gasteiger partial charge in [-0.3, -0.25) is 9.58 Å². The van der Waals surface area contributed by atoms with Gasteiger partial charge in [-0.25, -0.2) is 19.2 Å². The zero-order valence-corrected chi connectivity index (χ0v) is 22.5. The summed E-state index contributed by atoms with van der Waals surface area (Å²) >= 11 is 6.69. The van der Waals surface area contributed by atoms with Crippen molar-refractivity contribution in [1.29, 1.82) is 0 Å². The fourth-order valence-corrected chi connectivity index (χ4v) is 5.19. The number of carbonyl (C=O) groups excluding carboxylic acids is 1. The highest BCUT2D eigenvalue weighted by atomic mass is 35.5. The van der Waals surface area contributed by atoms with E-state index in [1.807, 2.05) is 46.8 Å². The van der Waals surface area contributed by atoms with Crippen molar-refractivity contribution in [1.82, 2.24) is 24.6 Å². The maximum absolute atomic E-state index is 14.7. The molecule has 2 atom stereocenters. The topological polar surface area (TPSA) is 76.4 Å². The number of benzene rings is 1. The number of carbonyl (C=O) groups is 1. The first-order chi connectivity index (χ1) is 17.4. The molecular formula is C27H30ClFN6O2. The summed E-state index contributed by atoms with van der Waals surface area (Å²) < 4.78 is 21.8. The molecule has 4 aromatic rings. The van der Waals surface area contributed by atoms with Crippen molar-refractivity contribution in [2.75, 3.05) is 18.0 Å². The lowest BCUT2D eigenvalue weighted by Crippen LogP contribution is -2.59. The van der Waals surface area contributed by atoms with Gasteiger partial charge >= 0.3 is 6.09 Å². The molecule has 1 saturated heterocycles. The highest BCUT2D eigenvalue weighted by Crippen LogP contribution is 2.33. The third kappa shape index (κ3) is 4.92. The third-order valence-corrected chi connectivity index (χ3v) is 6.77. The number of hydrogen-bond acceptors (Lipinski definition) is 6. The summed E-state index contributed by atoms with van der Waals surface area (Å²) in [5.74, 6) is -0.414. The zero-order valence-electron chi connectivity index (χ0n) is 21.8. The van der Waals surface area contributed by atoms with Gasteiger partial charge in [0.15, 0.2) is 11.5 Å². The minimum atomic E-state index is -0.548. The number of halogens is 2. The summed E-state index contributed by atoms with van der Waals surface area (Å²) in [4.78, 5) is 26.0. The van der Waals surface area contributed by atoms with Gasteiger partial charge in [0.25, 0.3) is 0 Å². The Morgan fingerprint density at radius 2 is 1.84 bits per heavy atom. The van der Waals surface area contributed by atoms with Crippen molar-refractivity contribution in [2.24, 2.45) is 7.05 Å². The number of rotatable bonds is 2. The molecule has 37 heavy (non-hydrogen) atoms. The van der Waals surface area contributed by atoms with Gasteiger partial charge in [0.05, 0.1) is 34.7 Å². The van der Waals surface area contributed by atoms with Crippen LogP contribution in [-0.2, 0) is 11.8 Å². The van der Waals surface area contributed by atoms with Crippen molar-refractivity contribution in [3.05, 3.63) is 47.5 Å². The van der Waals surface area contributed by atoms with E-state index in [1.165, 1.54) is 6.07 Å². The monoisotopic (exact) mass is 524 g/mol. The maximum Gasteiger partial charge on any atom is 0.410 e. The quantitative estimate of drug-likeness (QED) is 0.329. The molecule has 194 valence electrons. The summed E-state index contributed by atoms with van der Waals surface area (Å²) in [6, 6.07) is 6.86. The molecule has 1 aliphatic heterocycles. The molecule has 1 aromatic carbocycles. The lowest BCUT2D eigenvalue weighted by molar-refractivity contribution is 0.00566. The van der Waals surface area contributed by atoms with Crippen molar-refractivity contribution in [3.63, 3.8) is 0 Å². The molecule has 3 aromatic heterocycles. The maximum atomic E-state index is 14.7. The fourth-order valence-electron chi connectivity index (χ4n) is 4.94. The molecule has 0 radical (unpaired) electrons. The van der Waals surface area contributed by atoms with Crippen molar-refractivity contribution in [2.45, 2.75) is 52.3 Å². The largest absolute Gasteiger partial charge is 0.444 e. The van der Waals surface area contributed by atoms with Crippen LogP contribution < -0.4 is 4.90 Å². The minimum absolute atomic E-state index is 0.0532. The SMILES string of the molecule is C[C@H]1CN(c2cnc3nc(-c4cc(F)c5nn(C)cc5c4)cc(Cl)c3c2)C[C@H](C)N1C(=O)OC(C)(C)C. The third-order valence-electron chi connectivity index (χ3n) is 6.46. The number of piperazine rings is 1. The van der Waals surface area contributed by atoms with Crippen LogP contribution in [0.4, 0.5) is 14.9 Å². The van der Waals surface area contributed by atoms with E-state index < -0.39 is 11.4 Å². The van der Waals surface area contributed by atoms with Crippen LogP contribution in [0.2, 0.25) is 5.02 Å². The van der Waals surface area contributed by atoms with Crippen LogP contribution in [0.5, 0.6) is 0 Å². The van der Waals surface area contributed by atoms with Crippen LogP contribution in [-0.4, -0.2) is 61.5 Å². The molecular weight excluding hydrogens is 495 g/mol. The first kappa shape index (κ1) is 25.2. The Kier molecular flexibility index (Phi) is 6.22. The first-order valence-electron chi connectivity index (χ1n) is 12.3.